The molecular weight excluding hydrogens is 294 g/mol. The van der Waals surface area contributed by atoms with Crippen LogP contribution in [-0.2, 0) is 6.61 Å². The Hall–Kier alpha value is -2.08. The molecule has 0 fully saturated rings. The molecule has 0 unspecified atom stereocenters. The average molecular weight is 310 g/mol. The van der Waals surface area contributed by atoms with E-state index in [1.165, 1.54) is 0 Å². The molecule has 0 saturated carbocycles. The monoisotopic (exact) mass is 309 g/mol. The molecule has 0 spiro atoms. The number of hydrogen-bond donors (Lipinski definition) is 0. The van der Waals surface area contributed by atoms with Crippen molar-refractivity contribution in [2.24, 2.45) is 0 Å². The number of benzene rings is 1. The first-order valence-electron chi connectivity index (χ1n) is 6.41. The van der Waals surface area contributed by atoms with Gasteiger partial charge >= 0.3 is 12.0 Å². The van der Waals surface area contributed by atoms with Gasteiger partial charge in [-0.2, -0.15) is 9.97 Å². The number of halogens is 1. The molecule has 0 bridgehead atoms. The number of nitrogens with zero attached hydrogens (tertiary/aromatic N) is 3. The van der Waals surface area contributed by atoms with Crippen molar-refractivity contribution in [2.75, 3.05) is 7.11 Å². The third-order valence-corrected chi connectivity index (χ3v) is 2.58. The van der Waals surface area contributed by atoms with Crippen molar-refractivity contribution in [2.45, 2.75) is 26.6 Å². The van der Waals surface area contributed by atoms with Crippen LogP contribution in [0.15, 0.2) is 24.3 Å². The number of aromatic nitrogens is 3. The lowest BCUT2D eigenvalue weighted by molar-refractivity contribution is 0.211. The molecule has 21 heavy (non-hydrogen) atoms. The molecular formula is C14H16ClN3O3. The zero-order chi connectivity index (χ0) is 15.2. The van der Waals surface area contributed by atoms with Crippen LogP contribution >= 0.6 is 11.6 Å². The van der Waals surface area contributed by atoms with Gasteiger partial charge in [0.1, 0.15) is 12.4 Å². The fraction of sp³-hybridized carbons (Fsp3) is 0.357. The number of hydrogen-bond acceptors (Lipinski definition) is 6. The Kier molecular flexibility index (Phi) is 5.16. The highest BCUT2D eigenvalue weighted by atomic mass is 35.5. The molecule has 0 N–H and O–H groups in total. The van der Waals surface area contributed by atoms with Gasteiger partial charge in [-0.05, 0) is 43.1 Å². The topological polar surface area (TPSA) is 66.4 Å². The van der Waals surface area contributed by atoms with Crippen molar-refractivity contribution in [3.8, 4) is 17.8 Å². The minimum atomic E-state index is -0.0605. The van der Waals surface area contributed by atoms with Crippen molar-refractivity contribution in [1.82, 2.24) is 15.0 Å². The zero-order valence-electron chi connectivity index (χ0n) is 12.0. The maximum Gasteiger partial charge on any atom is 0.324 e. The maximum atomic E-state index is 5.82. The number of ether oxygens (including phenoxy) is 3. The van der Waals surface area contributed by atoms with Crippen molar-refractivity contribution in [3.63, 3.8) is 0 Å². The fourth-order valence-corrected chi connectivity index (χ4v) is 1.70. The summed E-state index contributed by atoms with van der Waals surface area (Å²) in [5.74, 6) is 0.758. The van der Waals surface area contributed by atoms with E-state index < -0.39 is 0 Å². The first-order chi connectivity index (χ1) is 10.1. The van der Waals surface area contributed by atoms with Gasteiger partial charge in [0.15, 0.2) is 0 Å². The highest BCUT2D eigenvalue weighted by molar-refractivity contribution is 6.28. The molecule has 0 saturated heterocycles. The van der Waals surface area contributed by atoms with Crippen LogP contribution in [0.1, 0.15) is 19.4 Å². The first-order valence-corrected chi connectivity index (χ1v) is 6.78. The van der Waals surface area contributed by atoms with E-state index in [0.717, 1.165) is 11.3 Å². The van der Waals surface area contributed by atoms with Gasteiger partial charge in [0, 0.05) is 0 Å². The molecule has 1 aromatic heterocycles. The second-order valence-electron chi connectivity index (χ2n) is 4.48. The Morgan fingerprint density at radius 3 is 2.62 bits per heavy atom. The number of rotatable bonds is 6. The van der Waals surface area contributed by atoms with Crippen molar-refractivity contribution >= 4 is 11.6 Å². The van der Waals surface area contributed by atoms with E-state index in [-0.39, 0.29) is 23.4 Å². The predicted molar refractivity (Wildman–Crippen MR) is 77.9 cm³/mol. The summed E-state index contributed by atoms with van der Waals surface area (Å²) < 4.78 is 16.0. The molecule has 0 aliphatic carbocycles. The Morgan fingerprint density at radius 2 is 1.90 bits per heavy atom. The predicted octanol–water partition coefficient (Wildman–Crippen LogP) is 2.90. The van der Waals surface area contributed by atoms with Crippen LogP contribution in [0.25, 0.3) is 0 Å². The summed E-state index contributed by atoms with van der Waals surface area (Å²) in [5.41, 5.74) is 0.928. The molecule has 1 aromatic carbocycles. The molecule has 1 heterocycles. The summed E-state index contributed by atoms with van der Waals surface area (Å²) in [6.45, 7) is 4.03. The minimum absolute atomic E-state index is 0.0290. The Balaban J connectivity index is 2.06. The highest BCUT2D eigenvalue weighted by Crippen LogP contribution is 2.17. The molecule has 0 radical (unpaired) electrons. The summed E-state index contributed by atoms with van der Waals surface area (Å²) in [6, 6.07) is 7.79. The Labute approximate surface area is 128 Å². The van der Waals surface area contributed by atoms with Gasteiger partial charge in [0.25, 0.3) is 0 Å². The first kappa shape index (κ1) is 15.3. The lowest BCUT2D eigenvalue weighted by atomic mass is 10.2. The summed E-state index contributed by atoms with van der Waals surface area (Å²) in [6.07, 6.45) is -0.0605. The van der Waals surface area contributed by atoms with Crippen molar-refractivity contribution in [1.29, 1.82) is 0 Å². The highest BCUT2D eigenvalue weighted by Gasteiger charge is 2.09. The van der Waals surface area contributed by atoms with Crippen LogP contribution in [0.3, 0.4) is 0 Å². The van der Waals surface area contributed by atoms with Gasteiger partial charge in [0.2, 0.25) is 5.28 Å². The molecule has 0 aliphatic rings. The number of methoxy groups -OCH3 is 1. The second-order valence-corrected chi connectivity index (χ2v) is 4.81. The minimum Gasteiger partial charge on any atom is -0.497 e. The van der Waals surface area contributed by atoms with Gasteiger partial charge in [-0.3, -0.25) is 0 Å². The summed E-state index contributed by atoms with van der Waals surface area (Å²) >= 11 is 5.82. The van der Waals surface area contributed by atoms with Crippen LogP contribution in [0.5, 0.6) is 17.8 Å². The second kappa shape index (κ2) is 7.08. The van der Waals surface area contributed by atoms with E-state index in [1.54, 1.807) is 7.11 Å². The van der Waals surface area contributed by atoms with Gasteiger partial charge in [-0.15, -0.1) is 4.98 Å². The van der Waals surface area contributed by atoms with E-state index in [2.05, 4.69) is 15.0 Å². The Morgan fingerprint density at radius 1 is 1.14 bits per heavy atom. The molecule has 0 aliphatic heterocycles. The van der Waals surface area contributed by atoms with E-state index in [4.69, 9.17) is 25.8 Å². The van der Waals surface area contributed by atoms with Crippen LogP contribution < -0.4 is 14.2 Å². The van der Waals surface area contributed by atoms with Crippen LogP contribution in [0, 0.1) is 0 Å². The summed E-state index contributed by atoms with van der Waals surface area (Å²) in [5, 5.41) is 0.0290. The molecule has 2 rings (SSSR count). The zero-order valence-corrected chi connectivity index (χ0v) is 12.8. The van der Waals surface area contributed by atoms with E-state index in [9.17, 15) is 0 Å². The van der Waals surface area contributed by atoms with Crippen molar-refractivity contribution < 1.29 is 14.2 Å². The Bertz CT molecular complexity index is 608. The van der Waals surface area contributed by atoms with Crippen LogP contribution in [-0.4, -0.2) is 28.2 Å². The molecule has 6 nitrogen and oxygen atoms in total. The normalized spacial score (nSPS) is 10.5. The van der Waals surface area contributed by atoms with Crippen molar-refractivity contribution in [3.05, 3.63) is 35.1 Å². The van der Waals surface area contributed by atoms with Gasteiger partial charge in [0.05, 0.1) is 13.2 Å². The van der Waals surface area contributed by atoms with Gasteiger partial charge < -0.3 is 14.2 Å². The lowest BCUT2D eigenvalue weighted by Crippen LogP contribution is -2.10. The van der Waals surface area contributed by atoms with Gasteiger partial charge in [-0.25, -0.2) is 0 Å². The third-order valence-electron chi connectivity index (χ3n) is 2.41. The maximum absolute atomic E-state index is 5.82. The van der Waals surface area contributed by atoms with E-state index >= 15 is 0 Å². The summed E-state index contributed by atoms with van der Waals surface area (Å²) in [4.78, 5) is 11.8. The van der Waals surface area contributed by atoms with E-state index in [0.29, 0.717) is 6.61 Å². The van der Waals surface area contributed by atoms with Gasteiger partial charge in [-0.1, -0.05) is 12.1 Å². The molecule has 0 atom stereocenters. The molecule has 112 valence electrons. The molecule has 0 amide bonds. The summed E-state index contributed by atoms with van der Waals surface area (Å²) in [7, 11) is 1.61. The SMILES string of the molecule is COc1cccc(COc2nc(Cl)nc(OC(C)C)n2)c1. The average Bonchev–Trinajstić information content (AvgIpc) is 2.44. The third kappa shape index (κ3) is 4.75. The molecule has 2 aromatic rings. The molecule has 7 heteroatoms. The fourth-order valence-electron chi connectivity index (χ4n) is 1.55. The largest absolute Gasteiger partial charge is 0.497 e. The quantitative estimate of drug-likeness (QED) is 0.817. The smallest absolute Gasteiger partial charge is 0.324 e. The van der Waals surface area contributed by atoms with Crippen LogP contribution in [0.2, 0.25) is 5.28 Å². The lowest BCUT2D eigenvalue weighted by Gasteiger charge is -2.09. The van der Waals surface area contributed by atoms with E-state index in [1.807, 2.05) is 38.1 Å². The standard InChI is InChI=1S/C14H16ClN3O3/c1-9(2)21-14-17-12(15)16-13(18-14)20-8-10-5-4-6-11(7-10)19-3/h4-7,9H,8H2,1-3H3. The van der Waals surface area contributed by atoms with Crippen LogP contribution in [0.4, 0.5) is 0 Å².